The van der Waals surface area contributed by atoms with E-state index in [0.717, 1.165) is 24.8 Å². The Labute approximate surface area is 153 Å². The van der Waals surface area contributed by atoms with Crippen molar-refractivity contribution in [1.82, 2.24) is 4.98 Å². The molecule has 0 aliphatic heterocycles. The summed E-state index contributed by atoms with van der Waals surface area (Å²) in [5.41, 5.74) is 4.40. The monoisotopic (exact) mass is 357 g/mol. The Morgan fingerprint density at radius 3 is 2.69 bits per heavy atom. The maximum atomic E-state index is 12.0. The summed E-state index contributed by atoms with van der Waals surface area (Å²) in [4.78, 5) is 26.4. The quantitative estimate of drug-likeness (QED) is 0.601. The van der Waals surface area contributed by atoms with Crippen molar-refractivity contribution in [3.05, 3.63) is 35.0 Å². The molecule has 0 amide bonds. The molecule has 1 aromatic heterocycles. The topological polar surface area (TPSA) is 79.4 Å². The van der Waals surface area contributed by atoms with Crippen LogP contribution in [0, 0.1) is 12.8 Å². The summed E-state index contributed by atoms with van der Waals surface area (Å²) in [6, 6.07) is 6.46. The molecule has 0 saturated carbocycles. The summed E-state index contributed by atoms with van der Waals surface area (Å²) < 4.78 is 5.76. The van der Waals surface area contributed by atoms with E-state index in [4.69, 9.17) is 9.84 Å². The molecule has 1 aromatic carbocycles. The third kappa shape index (κ3) is 3.35. The van der Waals surface area contributed by atoms with Crippen molar-refractivity contribution in [3.8, 4) is 0 Å². The lowest BCUT2D eigenvalue weighted by atomic mass is 9.73. The number of hydrogen-bond donors (Lipinski definition) is 2. The third-order valence-corrected chi connectivity index (χ3v) is 5.90. The molecular formula is C21H27NO4. The van der Waals surface area contributed by atoms with Gasteiger partial charge >= 0.3 is 11.9 Å². The zero-order valence-corrected chi connectivity index (χ0v) is 15.7. The molecule has 2 N–H and O–H groups in total. The number of carboxylic acids is 1. The van der Waals surface area contributed by atoms with E-state index in [9.17, 15) is 9.59 Å². The van der Waals surface area contributed by atoms with Gasteiger partial charge in [-0.15, -0.1) is 0 Å². The van der Waals surface area contributed by atoms with Gasteiger partial charge < -0.3 is 14.8 Å². The number of esters is 1. The van der Waals surface area contributed by atoms with Crippen LogP contribution in [0.5, 0.6) is 0 Å². The van der Waals surface area contributed by atoms with Gasteiger partial charge in [0.15, 0.2) is 0 Å². The number of carbonyl (C=O) groups is 2. The molecule has 5 nitrogen and oxygen atoms in total. The minimum Gasteiger partial charge on any atom is -0.481 e. The number of H-pyrrole nitrogens is 1. The van der Waals surface area contributed by atoms with Crippen molar-refractivity contribution in [1.29, 1.82) is 0 Å². The van der Waals surface area contributed by atoms with E-state index >= 15 is 0 Å². The predicted molar refractivity (Wildman–Crippen MR) is 100 cm³/mol. The van der Waals surface area contributed by atoms with E-state index in [0.29, 0.717) is 12.8 Å². The summed E-state index contributed by atoms with van der Waals surface area (Å²) in [6.07, 6.45) is 3.51. The van der Waals surface area contributed by atoms with Gasteiger partial charge in [0.25, 0.3) is 0 Å². The molecule has 0 fully saturated rings. The lowest BCUT2D eigenvalue weighted by Gasteiger charge is -2.41. The number of carbonyl (C=O) groups excluding carboxylic acids is 1. The minimum absolute atomic E-state index is 0.192. The van der Waals surface area contributed by atoms with Gasteiger partial charge in [0.1, 0.15) is 12.0 Å². The third-order valence-electron chi connectivity index (χ3n) is 5.90. The first-order valence-corrected chi connectivity index (χ1v) is 9.42. The number of carboxylic acid groups (broad SMARTS) is 1. The van der Waals surface area contributed by atoms with Crippen LogP contribution >= 0.6 is 0 Å². The highest BCUT2D eigenvalue weighted by Crippen LogP contribution is 2.41. The fourth-order valence-corrected chi connectivity index (χ4v) is 4.43. The van der Waals surface area contributed by atoms with E-state index in [1.807, 2.05) is 13.8 Å². The molecular weight excluding hydrogens is 330 g/mol. The van der Waals surface area contributed by atoms with E-state index < -0.39 is 24.0 Å². The molecule has 1 aliphatic rings. The van der Waals surface area contributed by atoms with E-state index in [-0.39, 0.29) is 5.92 Å². The van der Waals surface area contributed by atoms with Gasteiger partial charge in [-0.1, -0.05) is 25.5 Å². The fraction of sp³-hybridized carbons (Fsp3) is 0.524. The van der Waals surface area contributed by atoms with E-state index in [2.05, 4.69) is 30.1 Å². The minimum atomic E-state index is -1.15. The van der Waals surface area contributed by atoms with Gasteiger partial charge in [0, 0.05) is 22.5 Å². The van der Waals surface area contributed by atoms with Crippen LogP contribution in [0.25, 0.3) is 10.9 Å². The molecule has 0 bridgehead atoms. The molecule has 0 radical (unpaired) electrons. The van der Waals surface area contributed by atoms with Crippen LogP contribution in [0.15, 0.2) is 18.2 Å². The summed E-state index contributed by atoms with van der Waals surface area (Å²) in [5.74, 6) is -1.59. The number of fused-ring (bicyclic) bond motifs is 3. The van der Waals surface area contributed by atoms with Crippen LogP contribution in [0.1, 0.15) is 56.4 Å². The number of benzene rings is 1. The SMILES string of the molecule is CCC(CC)(OC(=O)CC(=O)O)C1CCc2c([nH]c3ccc(C)cc23)C1. The maximum Gasteiger partial charge on any atom is 0.317 e. The zero-order valence-electron chi connectivity index (χ0n) is 15.7. The molecule has 26 heavy (non-hydrogen) atoms. The number of rotatable bonds is 6. The van der Waals surface area contributed by atoms with E-state index in [1.165, 1.54) is 22.2 Å². The van der Waals surface area contributed by atoms with Crippen molar-refractivity contribution in [2.45, 2.75) is 64.9 Å². The maximum absolute atomic E-state index is 12.0. The fourth-order valence-electron chi connectivity index (χ4n) is 4.43. The second-order valence-electron chi connectivity index (χ2n) is 7.39. The van der Waals surface area contributed by atoms with Gasteiger partial charge in [-0.2, -0.15) is 0 Å². The van der Waals surface area contributed by atoms with Crippen molar-refractivity contribution in [2.75, 3.05) is 0 Å². The number of aromatic amines is 1. The first-order valence-electron chi connectivity index (χ1n) is 9.42. The first kappa shape index (κ1) is 18.5. The van der Waals surface area contributed by atoms with Crippen molar-refractivity contribution >= 4 is 22.8 Å². The molecule has 1 atom stereocenters. The lowest BCUT2D eigenvalue weighted by molar-refractivity contribution is -0.171. The Hall–Kier alpha value is -2.30. The average molecular weight is 357 g/mol. The molecule has 3 rings (SSSR count). The normalized spacial score (nSPS) is 17.1. The Morgan fingerprint density at radius 2 is 2.04 bits per heavy atom. The van der Waals surface area contributed by atoms with Crippen LogP contribution in [-0.2, 0) is 27.2 Å². The van der Waals surface area contributed by atoms with Crippen LogP contribution < -0.4 is 0 Å². The molecule has 2 aromatic rings. The predicted octanol–water partition coefficient (Wildman–Crippen LogP) is 4.16. The average Bonchev–Trinajstić information content (AvgIpc) is 2.96. The highest BCUT2D eigenvalue weighted by atomic mass is 16.6. The van der Waals surface area contributed by atoms with Gasteiger partial charge in [-0.25, -0.2) is 0 Å². The van der Waals surface area contributed by atoms with Gasteiger partial charge in [0.05, 0.1) is 0 Å². The largest absolute Gasteiger partial charge is 0.481 e. The van der Waals surface area contributed by atoms with Crippen LogP contribution in [-0.4, -0.2) is 27.6 Å². The smallest absolute Gasteiger partial charge is 0.317 e. The molecule has 0 saturated heterocycles. The molecule has 1 unspecified atom stereocenters. The number of ether oxygens (including phenoxy) is 1. The number of nitrogens with one attached hydrogen (secondary N) is 1. The Kier molecular flexibility index (Phi) is 5.08. The Bertz CT molecular complexity index is 832. The highest BCUT2D eigenvalue weighted by Gasteiger charge is 2.41. The van der Waals surface area contributed by atoms with Crippen molar-refractivity contribution in [3.63, 3.8) is 0 Å². The second kappa shape index (κ2) is 7.14. The van der Waals surface area contributed by atoms with Crippen LogP contribution in [0.4, 0.5) is 0 Å². The molecule has 0 spiro atoms. The summed E-state index contributed by atoms with van der Waals surface area (Å²) >= 11 is 0. The van der Waals surface area contributed by atoms with Gasteiger partial charge in [0.2, 0.25) is 0 Å². The number of hydrogen-bond acceptors (Lipinski definition) is 3. The zero-order chi connectivity index (χ0) is 18.9. The van der Waals surface area contributed by atoms with Gasteiger partial charge in [-0.3, -0.25) is 9.59 Å². The van der Waals surface area contributed by atoms with Crippen LogP contribution in [0.3, 0.4) is 0 Å². The lowest BCUT2D eigenvalue weighted by Crippen LogP contribution is -2.44. The van der Waals surface area contributed by atoms with Gasteiger partial charge in [-0.05, 0) is 56.7 Å². The Balaban J connectivity index is 1.87. The molecule has 1 heterocycles. The molecule has 140 valence electrons. The van der Waals surface area contributed by atoms with Crippen LogP contribution in [0.2, 0.25) is 0 Å². The van der Waals surface area contributed by atoms with E-state index in [1.54, 1.807) is 0 Å². The molecule has 1 aliphatic carbocycles. The van der Waals surface area contributed by atoms with Crippen molar-refractivity contribution in [2.24, 2.45) is 5.92 Å². The first-order chi connectivity index (χ1) is 12.4. The summed E-state index contributed by atoms with van der Waals surface area (Å²) in [5, 5.41) is 10.2. The Morgan fingerprint density at radius 1 is 1.31 bits per heavy atom. The number of aliphatic carboxylic acids is 1. The number of aromatic nitrogens is 1. The summed E-state index contributed by atoms with van der Waals surface area (Å²) in [7, 11) is 0. The number of aryl methyl sites for hydroxylation is 2. The summed E-state index contributed by atoms with van der Waals surface area (Å²) in [6.45, 7) is 6.13. The second-order valence-corrected chi connectivity index (χ2v) is 7.39. The standard InChI is InChI=1S/C21H27NO4/c1-4-21(5-2,26-20(25)12-19(23)24)14-7-8-15-16-10-13(3)6-9-17(16)22-18(15)11-14/h6,9-10,14,22H,4-5,7-8,11-12H2,1-3H3,(H,23,24). The highest BCUT2D eigenvalue weighted by molar-refractivity contribution is 5.90. The molecule has 5 heteroatoms. The van der Waals surface area contributed by atoms with Crippen molar-refractivity contribution < 1.29 is 19.4 Å².